The van der Waals surface area contributed by atoms with E-state index in [0.717, 1.165) is 0 Å². The van der Waals surface area contributed by atoms with Crippen LogP contribution in [0.1, 0.15) is 12.5 Å². The van der Waals surface area contributed by atoms with Gasteiger partial charge in [-0.25, -0.2) is 29.3 Å². The number of pyridine rings is 1. The summed E-state index contributed by atoms with van der Waals surface area (Å²) in [7, 11) is 0. The zero-order valence-corrected chi connectivity index (χ0v) is 25.5. The second kappa shape index (κ2) is 11.2. The smallest absolute Gasteiger partial charge is 0.325 e. The van der Waals surface area contributed by atoms with E-state index in [2.05, 4.69) is 24.9 Å². The third kappa shape index (κ3) is 5.30. The highest BCUT2D eigenvalue weighted by Crippen LogP contribution is 2.54. The van der Waals surface area contributed by atoms with Crippen LogP contribution in [0.3, 0.4) is 0 Å². The molecule has 0 saturated carbocycles. The van der Waals surface area contributed by atoms with Gasteiger partial charge < -0.3 is 44.9 Å². The molecular weight excluding hydrogens is 667 g/mol. The summed E-state index contributed by atoms with van der Waals surface area (Å²) < 4.78 is 53.0. The van der Waals surface area contributed by atoms with Gasteiger partial charge in [-0.1, -0.05) is 0 Å². The summed E-state index contributed by atoms with van der Waals surface area (Å²) in [6.07, 6.45) is -6.05. The number of ether oxygens (including phenoxy) is 2. The van der Waals surface area contributed by atoms with E-state index in [-0.39, 0.29) is 22.6 Å². The van der Waals surface area contributed by atoms with E-state index >= 15 is 4.39 Å². The second-order valence-electron chi connectivity index (χ2n) is 10.0. The van der Waals surface area contributed by atoms with Crippen LogP contribution in [0.4, 0.5) is 15.9 Å². The number of halogens is 1. The fraction of sp³-hybridized carbons (Fsp3) is 0.476. The molecule has 0 aliphatic carbocycles. The molecule has 4 aromatic heterocycles. The van der Waals surface area contributed by atoms with Gasteiger partial charge in [-0.15, -0.1) is 0 Å². The van der Waals surface area contributed by atoms with Gasteiger partial charge in [0.1, 0.15) is 47.9 Å². The fourth-order valence-electron chi connectivity index (χ4n) is 5.29. The van der Waals surface area contributed by atoms with Gasteiger partial charge in [0.2, 0.25) is 0 Å². The van der Waals surface area contributed by atoms with Crippen molar-refractivity contribution < 1.29 is 46.9 Å². The molecule has 236 valence electrons. The van der Waals surface area contributed by atoms with E-state index in [1.165, 1.54) is 34.3 Å². The number of hydrogen-bond acceptors (Lipinski definition) is 16. The Morgan fingerprint density at radius 1 is 0.841 bits per heavy atom. The molecule has 2 unspecified atom stereocenters. The Morgan fingerprint density at radius 3 is 2.16 bits per heavy atom. The first-order valence-corrected chi connectivity index (χ1v) is 18.1. The molecule has 18 nitrogen and oxygen atoms in total. The third-order valence-corrected chi connectivity index (χ3v) is 10.4. The number of aliphatic hydroxyl groups is 1. The molecule has 3 aliphatic heterocycles. The lowest BCUT2D eigenvalue weighted by molar-refractivity contribution is -0.0589. The Hall–Kier alpha value is -2.36. The van der Waals surface area contributed by atoms with Crippen molar-refractivity contribution in [3.8, 4) is 0 Å². The molecule has 0 amide bonds. The number of aliphatic hydroxyl groups excluding tert-OH is 1. The first-order chi connectivity index (χ1) is 20.9. The van der Waals surface area contributed by atoms with Crippen molar-refractivity contribution in [1.29, 1.82) is 0 Å². The van der Waals surface area contributed by atoms with E-state index in [4.69, 9.17) is 62.6 Å². The van der Waals surface area contributed by atoms with Crippen LogP contribution in [0.5, 0.6) is 0 Å². The summed E-state index contributed by atoms with van der Waals surface area (Å²) >= 11 is 10.4. The molecule has 23 heteroatoms. The SMILES string of the molecule is Nc1ncnc2c1ncn2[C@@H]1O[C@@H]2COP(O)(=S)O[C@H]3[C@@H](F)[C@H](n4cnc5c(N)ccnc54)O[C@@H]3COP(O)(=S)O[C@H]2[C@H]1O. The van der Waals surface area contributed by atoms with Gasteiger partial charge in [0.05, 0.1) is 31.6 Å². The van der Waals surface area contributed by atoms with Gasteiger partial charge in [0, 0.05) is 6.20 Å². The first-order valence-electron chi connectivity index (χ1n) is 12.9. The highest BCUT2D eigenvalue weighted by atomic mass is 32.5. The topological polar surface area (TPSA) is 242 Å². The van der Waals surface area contributed by atoms with Crippen molar-refractivity contribution >= 4 is 70.9 Å². The lowest BCUT2D eigenvalue weighted by Gasteiger charge is -2.30. The zero-order chi connectivity index (χ0) is 31.0. The van der Waals surface area contributed by atoms with Crippen LogP contribution >= 0.6 is 13.4 Å². The number of nitrogen functional groups attached to an aromatic ring is 2. The maximum Gasteiger partial charge on any atom is 0.325 e. The number of aromatic nitrogens is 7. The van der Waals surface area contributed by atoms with Gasteiger partial charge in [-0.3, -0.25) is 18.2 Å². The van der Waals surface area contributed by atoms with E-state index in [9.17, 15) is 14.9 Å². The van der Waals surface area contributed by atoms with Gasteiger partial charge in [-0.05, 0) is 29.7 Å². The van der Waals surface area contributed by atoms with Crippen LogP contribution in [0, 0.1) is 0 Å². The molecule has 10 atom stereocenters. The van der Waals surface area contributed by atoms with E-state index in [1.807, 2.05) is 0 Å². The van der Waals surface area contributed by atoms with Crippen LogP contribution in [-0.2, 0) is 51.2 Å². The molecule has 7 rings (SSSR count). The van der Waals surface area contributed by atoms with Crippen molar-refractivity contribution in [1.82, 2.24) is 34.1 Å². The predicted octanol–water partition coefficient (Wildman–Crippen LogP) is 0.180. The number of nitrogens with zero attached hydrogens (tertiary/aromatic N) is 7. The Kier molecular flexibility index (Phi) is 7.69. The first kappa shape index (κ1) is 30.3. The molecule has 3 aliphatic rings. The van der Waals surface area contributed by atoms with Gasteiger partial charge in [0.15, 0.2) is 35.7 Å². The molecule has 44 heavy (non-hydrogen) atoms. The number of hydrogen-bond donors (Lipinski definition) is 5. The third-order valence-electron chi connectivity index (χ3n) is 7.32. The van der Waals surface area contributed by atoms with Crippen LogP contribution in [-0.4, -0.2) is 98.9 Å². The van der Waals surface area contributed by atoms with Crippen molar-refractivity contribution in [2.24, 2.45) is 0 Å². The molecule has 7 heterocycles. The molecule has 4 aromatic rings. The quantitative estimate of drug-likeness (QED) is 0.176. The average molecular weight is 692 g/mol. The minimum Gasteiger partial charge on any atom is -0.397 e. The van der Waals surface area contributed by atoms with E-state index < -0.39 is 75.8 Å². The van der Waals surface area contributed by atoms with Crippen LogP contribution < -0.4 is 11.5 Å². The van der Waals surface area contributed by atoms with Crippen molar-refractivity contribution in [3.05, 3.63) is 31.2 Å². The number of anilines is 2. The second-order valence-corrected chi connectivity index (χ2v) is 15.6. The summed E-state index contributed by atoms with van der Waals surface area (Å²) in [6.45, 7) is -9.40. The Balaban J connectivity index is 1.17. The molecule has 0 radical (unpaired) electrons. The zero-order valence-electron chi connectivity index (χ0n) is 22.1. The minimum absolute atomic E-state index is 0.104. The minimum atomic E-state index is -4.19. The molecule has 7 N–H and O–H groups in total. The number of fused-ring (bicyclic) bond motifs is 4. The highest BCUT2D eigenvalue weighted by Gasteiger charge is 2.53. The lowest BCUT2D eigenvalue weighted by atomic mass is 10.1. The van der Waals surface area contributed by atoms with E-state index in [1.54, 1.807) is 6.07 Å². The number of imidazole rings is 2. The summed E-state index contributed by atoms with van der Waals surface area (Å²) in [5.41, 5.74) is 13.2. The van der Waals surface area contributed by atoms with Crippen molar-refractivity contribution in [2.75, 3.05) is 24.7 Å². The maximum atomic E-state index is 16.0. The number of nitrogens with two attached hydrogens (primary N) is 2. The maximum absolute atomic E-state index is 16.0. The van der Waals surface area contributed by atoms with Crippen molar-refractivity contribution in [3.63, 3.8) is 0 Å². The summed E-state index contributed by atoms with van der Waals surface area (Å²) in [6, 6.07) is 1.54. The Morgan fingerprint density at radius 2 is 1.43 bits per heavy atom. The van der Waals surface area contributed by atoms with Crippen LogP contribution in [0.2, 0.25) is 0 Å². The van der Waals surface area contributed by atoms with Crippen LogP contribution in [0.15, 0.2) is 31.2 Å². The molecule has 3 fully saturated rings. The molecular formula is C21H24FN9O9P2S2. The van der Waals surface area contributed by atoms with E-state index in [0.29, 0.717) is 11.2 Å². The van der Waals surface area contributed by atoms with Gasteiger partial charge >= 0.3 is 13.4 Å². The fourth-order valence-corrected chi connectivity index (χ4v) is 8.17. The number of rotatable bonds is 2. The lowest BCUT2D eigenvalue weighted by Crippen LogP contribution is -2.38. The Labute approximate surface area is 256 Å². The molecule has 0 spiro atoms. The summed E-state index contributed by atoms with van der Waals surface area (Å²) in [5.74, 6) is 0.104. The number of alkyl halides is 1. The average Bonchev–Trinajstić information content (AvgIpc) is 3.73. The largest absolute Gasteiger partial charge is 0.397 e. The normalized spacial score (nSPS) is 38.3. The van der Waals surface area contributed by atoms with Crippen molar-refractivity contribution in [2.45, 2.75) is 49.1 Å². The Bertz CT molecular complexity index is 1710. The predicted molar refractivity (Wildman–Crippen MR) is 155 cm³/mol. The van der Waals surface area contributed by atoms with Crippen LogP contribution in [0.25, 0.3) is 22.3 Å². The van der Waals surface area contributed by atoms with Gasteiger partial charge in [-0.2, -0.15) is 0 Å². The molecule has 3 saturated heterocycles. The highest BCUT2D eigenvalue weighted by molar-refractivity contribution is 8.07. The summed E-state index contributed by atoms with van der Waals surface area (Å²) in [5, 5.41) is 11.3. The summed E-state index contributed by atoms with van der Waals surface area (Å²) in [4.78, 5) is 42.5. The standard InChI is InChI=1S/C21H24FN9O9P2S2/c22-11-15-9(37-20(11)30-6-28-12-8(23)1-2-25-18(12)30)3-35-42(34,44)40-16-10(4-36-41(33,43)39-15)38-21(14(16)32)31-7-29-13-17(24)26-5-27-19(13)31/h1-2,5-7,9-11,14-16,20-21,32H,3-4H2,(H2,23,25)(H,33,43)(H,34,44)(H2,24,26,27)/t9-,10-,11-,14-,15-,16-,20-,21-,41?,42?/m1/s1. The molecule has 0 bridgehead atoms. The monoisotopic (exact) mass is 691 g/mol. The van der Waals surface area contributed by atoms with Gasteiger partial charge in [0.25, 0.3) is 0 Å². The molecule has 0 aromatic carbocycles.